The Kier molecular flexibility index (Phi) is 3.27. The van der Waals surface area contributed by atoms with E-state index in [9.17, 15) is 4.79 Å². The molecule has 1 aliphatic heterocycles. The minimum atomic E-state index is -0.268. The van der Waals surface area contributed by atoms with E-state index in [1.165, 1.54) is 11.8 Å². The molecule has 0 saturated heterocycles. The number of thioether (sulfide) groups is 1. The van der Waals surface area contributed by atoms with Gasteiger partial charge in [-0.2, -0.15) is 5.10 Å². The molecule has 1 atom stereocenters. The average Bonchev–Trinajstić information content (AvgIpc) is 3.17. The molecule has 1 unspecified atom stereocenters. The van der Waals surface area contributed by atoms with E-state index in [0.29, 0.717) is 23.5 Å². The zero-order valence-electron chi connectivity index (χ0n) is 13.3. The Morgan fingerprint density at radius 3 is 3.04 bits per heavy atom. The summed E-state index contributed by atoms with van der Waals surface area (Å²) < 4.78 is 0. The van der Waals surface area contributed by atoms with Crippen LogP contribution in [0.1, 0.15) is 35.5 Å². The summed E-state index contributed by atoms with van der Waals surface area (Å²) in [5, 5.41) is 15.1. The van der Waals surface area contributed by atoms with Crippen molar-refractivity contribution in [2.45, 2.75) is 31.2 Å². The number of hydrogen-bond acceptors (Lipinski definition) is 7. The normalized spacial score (nSPS) is 20.2. The molecule has 0 radical (unpaired) electrons. The fraction of sp³-hybridized carbons (Fsp3) is 0.333. The lowest BCUT2D eigenvalue weighted by Gasteiger charge is -2.31. The van der Waals surface area contributed by atoms with Crippen LogP contribution in [0.5, 0.6) is 0 Å². The molecule has 3 heterocycles. The van der Waals surface area contributed by atoms with Gasteiger partial charge in [0.15, 0.2) is 5.50 Å². The Labute approximate surface area is 142 Å². The number of carbonyl (C=O) groups is 1. The van der Waals surface area contributed by atoms with Gasteiger partial charge in [0.05, 0.1) is 5.69 Å². The van der Waals surface area contributed by atoms with E-state index in [1.54, 1.807) is 12.4 Å². The largest absolute Gasteiger partial charge is 0.368 e. The number of fused-ring (bicyclic) bond motifs is 3. The van der Waals surface area contributed by atoms with Gasteiger partial charge < -0.3 is 16.4 Å². The first-order valence-electron chi connectivity index (χ1n) is 7.54. The molecule has 24 heavy (non-hydrogen) atoms. The van der Waals surface area contributed by atoms with Crippen LogP contribution in [-0.4, -0.2) is 31.6 Å². The molecular weight excluding hydrogens is 326 g/mol. The highest BCUT2D eigenvalue weighted by Gasteiger charge is 2.38. The number of hydrogen-bond donors (Lipinski definition) is 4. The van der Waals surface area contributed by atoms with Gasteiger partial charge in [0.1, 0.15) is 11.4 Å². The smallest absolute Gasteiger partial charge is 0.271 e. The molecular formula is C15H17N7OS. The molecule has 124 valence electrons. The Morgan fingerprint density at radius 1 is 1.46 bits per heavy atom. The van der Waals surface area contributed by atoms with Crippen LogP contribution in [0, 0.1) is 0 Å². The molecule has 1 amide bonds. The van der Waals surface area contributed by atoms with E-state index >= 15 is 0 Å². The number of aromatic amines is 1. The summed E-state index contributed by atoms with van der Waals surface area (Å²) >= 11 is 1.50. The van der Waals surface area contributed by atoms with Crippen LogP contribution in [-0.2, 0) is 11.8 Å². The Morgan fingerprint density at radius 2 is 2.29 bits per heavy atom. The van der Waals surface area contributed by atoms with Crippen molar-refractivity contribution in [1.29, 1.82) is 0 Å². The van der Waals surface area contributed by atoms with Crippen molar-refractivity contribution >= 4 is 23.6 Å². The number of anilines is 1. The Balaban J connectivity index is 1.76. The first-order valence-corrected chi connectivity index (χ1v) is 8.48. The number of rotatable bonds is 2. The number of nitrogen functional groups attached to an aromatic ring is 1. The predicted molar refractivity (Wildman–Crippen MR) is 91.9 cm³/mol. The third-order valence-corrected chi connectivity index (χ3v) is 5.02. The summed E-state index contributed by atoms with van der Waals surface area (Å²) in [5.41, 5.74) is 8.96. The highest BCUT2D eigenvalue weighted by atomic mass is 32.2. The van der Waals surface area contributed by atoms with Crippen LogP contribution in [0.15, 0.2) is 17.8 Å². The highest BCUT2D eigenvalue weighted by Crippen LogP contribution is 2.42. The van der Waals surface area contributed by atoms with Gasteiger partial charge in [-0.3, -0.25) is 9.89 Å². The summed E-state index contributed by atoms with van der Waals surface area (Å²) in [6.45, 7) is 4.17. The van der Waals surface area contributed by atoms with Crippen molar-refractivity contribution in [3.63, 3.8) is 0 Å². The number of nitrogens with two attached hydrogens (primary N) is 1. The van der Waals surface area contributed by atoms with Gasteiger partial charge in [-0.25, -0.2) is 9.97 Å². The highest BCUT2D eigenvalue weighted by molar-refractivity contribution is 8.02. The second-order valence-electron chi connectivity index (χ2n) is 6.44. The van der Waals surface area contributed by atoms with Crippen LogP contribution in [0.25, 0.3) is 11.4 Å². The molecule has 9 heteroatoms. The Hall–Kier alpha value is -2.55. The lowest BCUT2D eigenvalue weighted by atomic mass is 9.73. The zero-order chi connectivity index (χ0) is 16.9. The first-order chi connectivity index (χ1) is 11.5. The van der Waals surface area contributed by atoms with Gasteiger partial charge in [-0.1, -0.05) is 25.6 Å². The summed E-state index contributed by atoms with van der Waals surface area (Å²) in [6, 6.07) is 0. The second kappa shape index (κ2) is 5.23. The maximum atomic E-state index is 12.7. The zero-order valence-corrected chi connectivity index (χ0v) is 14.1. The SMILES string of the molecule is CC1(C)Cc2cnc(N)nc2-c2n[nH]c(C(=O)NC3NC=CS3)c21. The third kappa shape index (κ3) is 2.32. The number of amides is 1. The fourth-order valence-electron chi connectivity index (χ4n) is 3.21. The summed E-state index contributed by atoms with van der Waals surface area (Å²) in [5.74, 6) is 0.00189. The molecule has 0 fully saturated rings. The lowest BCUT2D eigenvalue weighted by molar-refractivity contribution is 0.0940. The number of carbonyl (C=O) groups excluding carboxylic acids is 1. The standard InChI is InChI=1S/C15H17N7OS/c1-15(2)5-7-6-18-13(16)19-9(7)10-8(15)11(22-21-10)12(23)20-14-17-3-4-24-14/h3-4,6,14,17H,5H2,1-2H3,(H,20,23)(H,21,22)(H2,16,18,19). The Bertz CT molecular complexity index is 850. The molecule has 0 aromatic carbocycles. The van der Waals surface area contributed by atoms with Crippen LogP contribution >= 0.6 is 11.8 Å². The minimum Gasteiger partial charge on any atom is -0.368 e. The summed E-state index contributed by atoms with van der Waals surface area (Å²) in [4.78, 5) is 21.1. The van der Waals surface area contributed by atoms with Crippen LogP contribution < -0.4 is 16.4 Å². The van der Waals surface area contributed by atoms with Gasteiger partial charge in [-0.15, -0.1) is 0 Å². The van der Waals surface area contributed by atoms with Crippen molar-refractivity contribution in [3.05, 3.63) is 34.6 Å². The number of aromatic nitrogens is 4. The first kappa shape index (κ1) is 15.0. The minimum absolute atomic E-state index is 0.173. The van der Waals surface area contributed by atoms with Gasteiger partial charge in [0, 0.05) is 18.0 Å². The van der Waals surface area contributed by atoms with E-state index in [-0.39, 0.29) is 22.8 Å². The molecule has 2 aliphatic rings. The second-order valence-corrected chi connectivity index (χ2v) is 7.46. The van der Waals surface area contributed by atoms with Crippen LogP contribution in [0.4, 0.5) is 5.95 Å². The van der Waals surface area contributed by atoms with Crippen molar-refractivity contribution in [1.82, 2.24) is 30.8 Å². The van der Waals surface area contributed by atoms with E-state index in [1.807, 2.05) is 5.41 Å². The molecule has 8 nitrogen and oxygen atoms in total. The van der Waals surface area contributed by atoms with Crippen molar-refractivity contribution in [3.8, 4) is 11.4 Å². The molecule has 1 aliphatic carbocycles. The molecule has 0 saturated carbocycles. The topological polar surface area (TPSA) is 122 Å². The van der Waals surface area contributed by atoms with E-state index in [0.717, 1.165) is 11.1 Å². The number of H-pyrrole nitrogens is 1. The van der Waals surface area contributed by atoms with Crippen LogP contribution in [0.3, 0.4) is 0 Å². The van der Waals surface area contributed by atoms with Crippen molar-refractivity contribution < 1.29 is 4.79 Å². The maximum Gasteiger partial charge on any atom is 0.271 e. The number of nitrogens with one attached hydrogen (secondary N) is 3. The van der Waals surface area contributed by atoms with Gasteiger partial charge in [0.25, 0.3) is 5.91 Å². The molecule has 5 N–H and O–H groups in total. The summed E-state index contributed by atoms with van der Waals surface area (Å²) in [6.07, 6.45) is 4.26. The molecule has 0 spiro atoms. The van der Waals surface area contributed by atoms with Crippen molar-refractivity contribution in [2.24, 2.45) is 0 Å². The van der Waals surface area contributed by atoms with Gasteiger partial charge >= 0.3 is 0 Å². The maximum absolute atomic E-state index is 12.7. The average molecular weight is 343 g/mol. The predicted octanol–water partition coefficient (Wildman–Crippen LogP) is 1.10. The molecule has 4 rings (SSSR count). The van der Waals surface area contributed by atoms with E-state index < -0.39 is 0 Å². The molecule has 2 aromatic rings. The van der Waals surface area contributed by atoms with Gasteiger partial charge in [-0.05, 0) is 22.8 Å². The van der Waals surface area contributed by atoms with E-state index in [2.05, 4.69) is 44.6 Å². The van der Waals surface area contributed by atoms with Crippen molar-refractivity contribution in [2.75, 3.05) is 5.73 Å². The molecule has 0 bridgehead atoms. The lowest BCUT2D eigenvalue weighted by Crippen LogP contribution is -2.40. The number of nitrogens with zero attached hydrogens (tertiary/aromatic N) is 3. The fourth-order valence-corrected chi connectivity index (χ4v) is 3.85. The molecule has 2 aromatic heterocycles. The monoisotopic (exact) mass is 343 g/mol. The van der Waals surface area contributed by atoms with Crippen LogP contribution in [0.2, 0.25) is 0 Å². The van der Waals surface area contributed by atoms with E-state index in [4.69, 9.17) is 5.73 Å². The quantitative estimate of drug-likeness (QED) is 0.644. The third-order valence-electron chi connectivity index (χ3n) is 4.20. The summed E-state index contributed by atoms with van der Waals surface area (Å²) in [7, 11) is 0. The van der Waals surface area contributed by atoms with Gasteiger partial charge in [0.2, 0.25) is 5.95 Å².